The first-order valence-electron chi connectivity index (χ1n) is 3.04. The average Bonchev–Trinajstić information content (AvgIpc) is 1.87. The molecule has 0 aliphatic heterocycles. The van der Waals surface area contributed by atoms with Crippen LogP contribution in [0.3, 0.4) is 0 Å². The maximum Gasteiger partial charge on any atom is 0.253 e. The van der Waals surface area contributed by atoms with Crippen molar-refractivity contribution in [2.75, 3.05) is 7.05 Å². The molecular weight excluding hydrogens is 150 g/mol. The summed E-state index contributed by atoms with van der Waals surface area (Å²) in [6.45, 7) is 1.93. The molecule has 0 fully saturated rings. The normalized spacial score (nSPS) is 12.5. The maximum absolute atomic E-state index is 10.5. The molecule has 0 bridgehead atoms. The fourth-order valence-corrected chi connectivity index (χ4v) is 0.669. The summed E-state index contributed by atoms with van der Waals surface area (Å²) in [6.07, 6.45) is 3.99. The van der Waals surface area contributed by atoms with Crippen LogP contribution in [-0.2, 0) is 4.79 Å². The number of allylic oxidation sites excluding steroid dienone is 2. The van der Waals surface area contributed by atoms with Crippen LogP contribution in [0.5, 0.6) is 0 Å². The molecule has 0 spiro atoms. The van der Waals surface area contributed by atoms with Gasteiger partial charge in [-0.15, -0.1) is 0 Å². The van der Waals surface area contributed by atoms with Crippen molar-refractivity contribution < 1.29 is 4.79 Å². The zero-order valence-corrected chi connectivity index (χ0v) is 6.85. The topological polar surface area (TPSA) is 29.4 Å². The van der Waals surface area contributed by atoms with Crippen LogP contribution >= 0.6 is 11.6 Å². The zero-order valence-electron chi connectivity index (χ0n) is 6.10. The van der Waals surface area contributed by atoms with E-state index in [2.05, 4.69) is 4.99 Å². The molecule has 10 heavy (non-hydrogen) atoms. The predicted molar refractivity (Wildman–Crippen MR) is 43.7 cm³/mol. The van der Waals surface area contributed by atoms with Crippen LogP contribution < -0.4 is 0 Å². The molecule has 2 nitrogen and oxygen atoms in total. The van der Waals surface area contributed by atoms with E-state index in [1.54, 1.807) is 13.1 Å². The van der Waals surface area contributed by atoms with E-state index in [1.165, 1.54) is 6.21 Å². The first-order chi connectivity index (χ1) is 4.72. The molecule has 0 radical (unpaired) electrons. The smallest absolute Gasteiger partial charge is 0.253 e. The first-order valence-corrected chi connectivity index (χ1v) is 3.42. The van der Waals surface area contributed by atoms with Gasteiger partial charge in [-0.1, -0.05) is 13.0 Å². The van der Waals surface area contributed by atoms with Crippen LogP contribution in [-0.4, -0.2) is 18.5 Å². The molecule has 0 aromatic rings. The number of aliphatic imine (C=N–C) groups is 1. The molecule has 0 saturated carbocycles. The van der Waals surface area contributed by atoms with Crippen molar-refractivity contribution in [2.45, 2.75) is 13.3 Å². The Bertz CT molecular complexity index is 172. The van der Waals surface area contributed by atoms with Crippen molar-refractivity contribution in [2.24, 2.45) is 4.99 Å². The summed E-state index contributed by atoms with van der Waals surface area (Å²) in [7, 11) is 1.60. The van der Waals surface area contributed by atoms with Gasteiger partial charge in [0.2, 0.25) is 0 Å². The van der Waals surface area contributed by atoms with Crippen molar-refractivity contribution in [3.63, 3.8) is 0 Å². The third kappa shape index (κ3) is 3.41. The molecular formula is C7H10ClNO. The number of carbonyl (C=O) groups is 1. The van der Waals surface area contributed by atoms with Gasteiger partial charge >= 0.3 is 0 Å². The first kappa shape index (κ1) is 9.37. The molecule has 0 aliphatic rings. The highest BCUT2D eigenvalue weighted by Gasteiger charge is 1.99. The summed E-state index contributed by atoms with van der Waals surface area (Å²) in [6, 6.07) is 0. The minimum absolute atomic E-state index is 0.451. The van der Waals surface area contributed by atoms with Crippen molar-refractivity contribution in [3.8, 4) is 0 Å². The third-order valence-electron chi connectivity index (χ3n) is 0.919. The van der Waals surface area contributed by atoms with E-state index < -0.39 is 5.24 Å². The van der Waals surface area contributed by atoms with Gasteiger partial charge in [-0.2, -0.15) is 0 Å². The highest BCUT2D eigenvalue weighted by atomic mass is 35.5. The SMILES string of the molecule is CC/C=C(\C=NC)C(=O)Cl. The minimum Gasteiger partial charge on any atom is -0.296 e. The largest absolute Gasteiger partial charge is 0.296 e. The van der Waals surface area contributed by atoms with Gasteiger partial charge in [0, 0.05) is 18.8 Å². The Balaban J connectivity index is 4.26. The number of carbonyl (C=O) groups excluding carboxylic acids is 1. The van der Waals surface area contributed by atoms with Gasteiger partial charge in [0.05, 0.1) is 0 Å². The van der Waals surface area contributed by atoms with E-state index in [0.717, 1.165) is 6.42 Å². The Morgan fingerprint density at radius 2 is 2.30 bits per heavy atom. The van der Waals surface area contributed by atoms with Crippen LogP contribution in [0.15, 0.2) is 16.6 Å². The summed E-state index contributed by atoms with van der Waals surface area (Å²) >= 11 is 5.20. The second kappa shape index (κ2) is 5.18. The van der Waals surface area contributed by atoms with Crippen molar-refractivity contribution in [1.29, 1.82) is 0 Å². The van der Waals surface area contributed by atoms with Gasteiger partial charge in [0.1, 0.15) is 0 Å². The zero-order chi connectivity index (χ0) is 7.98. The lowest BCUT2D eigenvalue weighted by atomic mass is 10.2. The molecule has 0 aromatic heterocycles. The van der Waals surface area contributed by atoms with E-state index in [-0.39, 0.29) is 0 Å². The van der Waals surface area contributed by atoms with Crippen molar-refractivity contribution >= 4 is 23.1 Å². The monoisotopic (exact) mass is 159 g/mol. The van der Waals surface area contributed by atoms with Gasteiger partial charge < -0.3 is 0 Å². The lowest BCUT2D eigenvalue weighted by Gasteiger charge is -1.89. The van der Waals surface area contributed by atoms with Gasteiger partial charge in [-0.25, -0.2) is 0 Å². The summed E-state index contributed by atoms with van der Waals surface area (Å²) in [4.78, 5) is 14.2. The fraction of sp³-hybridized carbons (Fsp3) is 0.429. The number of hydrogen-bond donors (Lipinski definition) is 0. The predicted octanol–water partition coefficient (Wildman–Crippen LogP) is 1.79. The number of halogens is 1. The molecule has 0 aromatic carbocycles. The second-order valence-corrected chi connectivity index (χ2v) is 2.07. The molecule has 0 N–H and O–H groups in total. The lowest BCUT2D eigenvalue weighted by Crippen LogP contribution is -1.94. The summed E-state index contributed by atoms with van der Waals surface area (Å²) in [5, 5.41) is -0.451. The van der Waals surface area contributed by atoms with Crippen LogP contribution in [0.1, 0.15) is 13.3 Å². The lowest BCUT2D eigenvalue weighted by molar-refractivity contribution is -0.108. The standard InChI is InChI=1S/C7H10ClNO/c1-3-4-6(5-9-2)7(8)10/h4-5H,3H2,1-2H3/b6-4+,9-5?. The van der Waals surface area contributed by atoms with E-state index in [9.17, 15) is 4.79 Å². The molecule has 0 amide bonds. The molecule has 0 rings (SSSR count). The van der Waals surface area contributed by atoms with Gasteiger partial charge in [-0.3, -0.25) is 9.79 Å². The number of rotatable bonds is 3. The minimum atomic E-state index is -0.451. The van der Waals surface area contributed by atoms with E-state index >= 15 is 0 Å². The van der Waals surface area contributed by atoms with Crippen LogP contribution in [0.4, 0.5) is 0 Å². The maximum atomic E-state index is 10.5. The molecule has 56 valence electrons. The Hall–Kier alpha value is -0.630. The summed E-state index contributed by atoms with van der Waals surface area (Å²) in [5.41, 5.74) is 0.465. The van der Waals surface area contributed by atoms with Gasteiger partial charge in [-0.05, 0) is 18.0 Å². The second-order valence-electron chi connectivity index (χ2n) is 1.73. The van der Waals surface area contributed by atoms with E-state index in [4.69, 9.17) is 11.6 Å². The fourth-order valence-electron chi connectivity index (χ4n) is 0.543. The molecule has 3 heteroatoms. The van der Waals surface area contributed by atoms with E-state index in [1.807, 2.05) is 6.92 Å². The van der Waals surface area contributed by atoms with Crippen molar-refractivity contribution in [1.82, 2.24) is 0 Å². The Morgan fingerprint density at radius 3 is 2.60 bits per heavy atom. The molecule has 0 aliphatic carbocycles. The molecule has 0 saturated heterocycles. The Labute approximate surface area is 65.6 Å². The Morgan fingerprint density at radius 1 is 1.70 bits per heavy atom. The summed E-state index contributed by atoms with van der Waals surface area (Å²) in [5.74, 6) is 0. The quantitative estimate of drug-likeness (QED) is 0.351. The number of nitrogens with zero attached hydrogens (tertiary/aromatic N) is 1. The van der Waals surface area contributed by atoms with Crippen LogP contribution in [0.2, 0.25) is 0 Å². The highest BCUT2D eigenvalue weighted by molar-refractivity contribution is 6.69. The van der Waals surface area contributed by atoms with Crippen LogP contribution in [0.25, 0.3) is 0 Å². The van der Waals surface area contributed by atoms with Gasteiger partial charge in [0.15, 0.2) is 0 Å². The third-order valence-corrected chi connectivity index (χ3v) is 1.14. The number of hydrogen-bond acceptors (Lipinski definition) is 2. The summed E-state index contributed by atoms with van der Waals surface area (Å²) < 4.78 is 0. The molecule has 0 atom stereocenters. The van der Waals surface area contributed by atoms with E-state index in [0.29, 0.717) is 5.57 Å². The molecule has 0 unspecified atom stereocenters. The van der Waals surface area contributed by atoms with Crippen LogP contribution in [0, 0.1) is 0 Å². The highest BCUT2D eigenvalue weighted by Crippen LogP contribution is 1.98. The van der Waals surface area contributed by atoms with Gasteiger partial charge in [0.25, 0.3) is 5.24 Å². The van der Waals surface area contributed by atoms with Crippen molar-refractivity contribution in [3.05, 3.63) is 11.6 Å². The Kier molecular flexibility index (Phi) is 4.85. The average molecular weight is 160 g/mol. The molecule has 0 heterocycles.